The minimum absolute atomic E-state index is 0. The Kier molecular flexibility index (Phi) is 12.9. The van der Waals surface area contributed by atoms with Gasteiger partial charge < -0.3 is 10.2 Å². The van der Waals surface area contributed by atoms with Crippen molar-refractivity contribution in [2.75, 3.05) is 0 Å². The number of ketones is 1. The van der Waals surface area contributed by atoms with Gasteiger partial charge >= 0.3 is 0 Å². The van der Waals surface area contributed by atoms with E-state index in [1.807, 2.05) is 59.1 Å². The van der Waals surface area contributed by atoms with E-state index in [-0.39, 0.29) is 47.9 Å². The maximum Gasteiger partial charge on any atom is 0.206 e. The molecule has 1 aliphatic carbocycles. The van der Waals surface area contributed by atoms with Crippen molar-refractivity contribution in [1.29, 1.82) is 0 Å². The van der Waals surface area contributed by atoms with Crippen LogP contribution in [-0.2, 0) is 41.1 Å². The summed E-state index contributed by atoms with van der Waals surface area (Å²) in [5.41, 5.74) is 5.82. The van der Waals surface area contributed by atoms with E-state index in [1.54, 1.807) is 5.56 Å². The van der Waals surface area contributed by atoms with Gasteiger partial charge in [-0.25, -0.2) is 0 Å². The number of hydrogen-bond donors (Lipinski definition) is 2. The number of allylic oxidation sites excluding steroid dienone is 2. The Bertz CT molecular complexity index is 2520. The number of nitrogens with zero attached hydrogens (tertiary/aromatic N) is 1. The molecule has 6 aromatic rings. The molecule has 2 N–H and O–H groups in total. The topological polar surface area (TPSA) is 70.4 Å². The average Bonchev–Trinajstić information content (AvgIpc) is 3.56. The van der Waals surface area contributed by atoms with Crippen molar-refractivity contribution >= 4 is 58.8 Å². The smallest absolute Gasteiger partial charge is 0.206 e. The van der Waals surface area contributed by atoms with Crippen LogP contribution in [0.2, 0.25) is 0 Å². The molecule has 1 radical (unpaired) electrons. The van der Waals surface area contributed by atoms with Gasteiger partial charge in [-0.1, -0.05) is 137 Å². The molecule has 0 amide bonds. The van der Waals surface area contributed by atoms with Crippen molar-refractivity contribution in [3.05, 3.63) is 101 Å². The van der Waals surface area contributed by atoms with E-state index in [2.05, 4.69) is 115 Å². The maximum absolute atomic E-state index is 12.3. The third-order valence-electron chi connectivity index (χ3n) is 13.8. The summed E-state index contributed by atoms with van der Waals surface area (Å²) in [4.78, 5) is 17.2. The van der Waals surface area contributed by atoms with Gasteiger partial charge in [0.15, 0.2) is 5.76 Å². The zero-order chi connectivity index (χ0) is 41.9. The minimum atomic E-state index is -0.597. The molecule has 311 valence electrons. The third kappa shape index (κ3) is 8.03. The fourth-order valence-corrected chi connectivity index (χ4v) is 10.1. The average molecular weight is 975 g/mol. The van der Waals surface area contributed by atoms with Gasteiger partial charge in [0, 0.05) is 63.0 Å². The van der Waals surface area contributed by atoms with E-state index in [4.69, 9.17) is 4.98 Å². The summed E-state index contributed by atoms with van der Waals surface area (Å²) >= 11 is 1.98. The Morgan fingerprint density at radius 3 is 2.00 bits per heavy atom. The number of aliphatic hydroxyl groups excluding tert-OH is 2. The predicted octanol–water partition coefficient (Wildman–Crippen LogP) is 15.4. The number of carbonyl (C=O) groups is 1. The molecule has 2 heterocycles. The quantitative estimate of drug-likeness (QED) is 0.0906. The number of rotatable bonds is 8. The molecule has 2 aromatic heterocycles. The normalized spacial score (nSPS) is 15.7. The van der Waals surface area contributed by atoms with Gasteiger partial charge in [0.1, 0.15) is 5.76 Å². The second-order valence-electron chi connectivity index (χ2n) is 19.4. The van der Waals surface area contributed by atoms with Crippen LogP contribution >= 0.6 is 11.3 Å². The van der Waals surface area contributed by atoms with E-state index in [0.717, 1.165) is 16.6 Å². The van der Waals surface area contributed by atoms with E-state index in [0.29, 0.717) is 25.7 Å². The molecular weight excluding hydrogens is 911 g/mol. The number of benzene rings is 4. The van der Waals surface area contributed by atoms with E-state index in [1.165, 1.54) is 60.3 Å². The molecular formula is C52H64IrNO3S-. The zero-order valence-electron chi connectivity index (χ0n) is 37.1. The Balaban J connectivity index is 0.000000289. The van der Waals surface area contributed by atoms with Gasteiger partial charge in [0.25, 0.3) is 0 Å². The summed E-state index contributed by atoms with van der Waals surface area (Å²) in [7, 11) is 0. The standard InChI is InChI=1S/C37H36NS.C15H28O3.Ir/c1-35(2,3)30-19-24(18-22-10-8-9-11-25(22)30)33-27-21-28-26-12-13-29-32(37(6,7)16-15-36(29,4)5)34(26)39-31(28)20-23(27)14-17-38-33;1-7-14(5,8-2)12(17)11(16)13(18)15(6,9-3)10-4;/h8-14,17,19-21H,15-16H2,1-7H3;16-17H,7-10H2,1-6H3;/q-1;;/b;12-11+;. The van der Waals surface area contributed by atoms with Crippen molar-refractivity contribution in [3.8, 4) is 11.3 Å². The summed E-state index contributed by atoms with van der Waals surface area (Å²) in [6, 6.07) is 26.4. The van der Waals surface area contributed by atoms with Crippen molar-refractivity contribution in [2.24, 2.45) is 10.8 Å². The molecule has 0 unspecified atom stereocenters. The number of carbonyl (C=O) groups excluding carboxylic acids is 1. The SMILES string of the molecule is CC(C)(C)c1cc(-c2nccc3cc4sc5c6c(ccc5c4cc23)C(C)(C)CCC6(C)C)[c-]c2ccccc12.CCC(C)(CC)C(=O)/C(O)=C(\O)C(C)(CC)CC.[Ir]. The number of pyridine rings is 1. The van der Waals surface area contributed by atoms with Crippen LogP contribution in [0.4, 0.5) is 0 Å². The third-order valence-corrected chi connectivity index (χ3v) is 15.0. The Labute approximate surface area is 364 Å². The number of aromatic nitrogens is 1. The fraction of sp³-hybridized carbons (Fsp3) is 0.462. The Morgan fingerprint density at radius 1 is 0.759 bits per heavy atom. The van der Waals surface area contributed by atoms with Gasteiger partial charge in [-0.2, -0.15) is 0 Å². The molecule has 6 heteroatoms. The first-order valence-corrected chi connectivity index (χ1v) is 21.9. The number of hydrogen-bond acceptors (Lipinski definition) is 5. The van der Waals surface area contributed by atoms with Crippen LogP contribution in [0.1, 0.15) is 145 Å². The molecule has 1 aliphatic rings. The molecule has 0 spiro atoms. The number of thiophene rings is 1. The Morgan fingerprint density at radius 2 is 1.38 bits per heavy atom. The summed E-state index contributed by atoms with van der Waals surface area (Å²) in [5.74, 6) is -0.962. The maximum atomic E-state index is 12.3. The predicted molar refractivity (Wildman–Crippen MR) is 245 cm³/mol. The molecule has 0 fully saturated rings. The molecule has 7 rings (SSSR count). The number of Topliss-reactive ketones (excluding diaryl/α,β-unsaturated/α-hetero) is 1. The summed E-state index contributed by atoms with van der Waals surface area (Å²) in [6.45, 7) is 28.0. The van der Waals surface area contributed by atoms with E-state index >= 15 is 0 Å². The summed E-state index contributed by atoms with van der Waals surface area (Å²) < 4.78 is 2.83. The van der Waals surface area contributed by atoms with Gasteiger partial charge in [0.2, 0.25) is 5.78 Å². The second kappa shape index (κ2) is 16.5. The molecule has 0 saturated heterocycles. The number of aliphatic hydroxyl groups is 2. The van der Waals surface area contributed by atoms with Crippen LogP contribution in [0.25, 0.3) is 53.0 Å². The second-order valence-corrected chi connectivity index (χ2v) is 20.5. The summed E-state index contributed by atoms with van der Waals surface area (Å²) in [6.07, 6.45) is 7.09. The van der Waals surface area contributed by atoms with Gasteiger partial charge in [-0.05, 0) is 88.8 Å². The van der Waals surface area contributed by atoms with Crippen LogP contribution < -0.4 is 0 Å². The van der Waals surface area contributed by atoms with Crippen LogP contribution in [-0.4, -0.2) is 21.0 Å². The molecule has 4 aromatic carbocycles. The van der Waals surface area contributed by atoms with Crippen molar-refractivity contribution in [2.45, 2.75) is 145 Å². The van der Waals surface area contributed by atoms with E-state index in [9.17, 15) is 15.0 Å². The van der Waals surface area contributed by atoms with E-state index < -0.39 is 16.6 Å². The molecule has 0 atom stereocenters. The Hall–Kier alpha value is -3.57. The molecule has 0 aliphatic heterocycles. The first-order chi connectivity index (χ1) is 26.7. The zero-order valence-corrected chi connectivity index (χ0v) is 40.3. The fourth-order valence-electron chi connectivity index (χ4n) is 8.65. The monoisotopic (exact) mass is 975 g/mol. The van der Waals surface area contributed by atoms with Gasteiger partial charge in [-0.15, -0.1) is 40.5 Å². The largest absolute Gasteiger partial charge is 0.508 e. The van der Waals surface area contributed by atoms with Crippen LogP contribution in [0.3, 0.4) is 0 Å². The van der Waals surface area contributed by atoms with Crippen molar-refractivity contribution in [3.63, 3.8) is 0 Å². The van der Waals surface area contributed by atoms with Gasteiger partial charge in [0.05, 0.1) is 0 Å². The first-order valence-electron chi connectivity index (χ1n) is 21.1. The van der Waals surface area contributed by atoms with Crippen molar-refractivity contribution in [1.82, 2.24) is 4.98 Å². The molecule has 0 saturated carbocycles. The first kappa shape index (κ1) is 45.5. The van der Waals surface area contributed by atoms with Crippen LogP contribution in [0.5, 0.6) is 0 Å². The van der Waals surface area contributed by atoms with Gasteiger partial charge in [-0.3, -0.25) is 9.78 Å². The molecule has 0 bridgehead atoms. The van der Waals surface area contributed by atoms with Crippen LogP contribution in [0, 0.1) is 16.9 Å². The molecule has 4 nitrogen and oxygen atoms in total. The minimum Gasteiger partial charge on any atom is -0.508 e. The van der Waals surface area contributed by atoms with Crippen LogP contribution in [0.15, 0.2) is 78.4 Å². The van der Waals surface area contributed by atoms with Crippen molar-refractivity contribution < 1.29 is 35.1 Å². The summed E-state index contributed by atoms with van der Waals surface area (Å²) in [5, 5.41) is 27.8. The number of fused-ring (bicyclic) bond motifs is 7. The molecule has 58 heavy (non-hydrogen) atoms.